The number of halogens is 2. The van der Waals surface area contributed by atoms with Crippen LogP contribution in [-0.2, 0) is 0 Å². The van der Waals surface area contributed by atoms with Crippen molar-refractivity contribution in [1.29, 1.82) is 0 Å². The van der Waals surface area contributed by atoms with Crippen molar-refractivity contribution in [1.82, 2.24) is 10.2 Å². The highest BCUT2D eigenvalue weighted by atomic mass is 79.9. The topological polar surface area (TPSA) is 81.7 Å². The summed E-state index contributed by atoms with van der Waals surface area (Å²) in [6, 6.07) is 2.86. The molecule has 0 unspecified atom stereocenters. The summed E-state index contributed by atoms with van der Waals surface area (Å²) in [7, 11) is 0. The smallest absolute Gasteiger partial charge is 0.337 e. The van der Waals surface area contributed by atoms with Gasteiger partial charge in [0.1, 0.15) is 0 Å². The first kappa shape index (κ1) is 15.3. The number of carbonyl (C=O) groups is 2. The zero-order valence-corrected chi connectivity index (χ0v) is 13.6. The standard InChI is InChI=1S/C12H13Br2N3O3/c13-7-5-8(11(18)19)10(9(14)6-7)16-12(20)17-3-1-15-2-4-17/h5-6,15H,1-4H2,(H,16,20)(H,18,19). The number of amides is 2. The van der Waals surface area contributed by atoms with E-state index in [-0.39, 0.29) is 17.3 Å². The van der Waals surface area contributed by atoms with E-state index in [1.54, 1.807) is 11.0 Å². The predicted molar refractivity (Wildman–Crippen MR) is 82.3 cm³/mol. The average molecular weight is 407 g/mol. The minimum atomic E-state index is -1.09. The number of hydrogen-bond acceptors (Lipinski definition) is 3. The van der Waals surface area contributed by atoms with Gasteiger partial charge < -0.3 is 20.6 Å². The van der Waals surface area contributed by atoms with Crippen molar-refractivity contribution in [2.24, 2.45) is 0 Å². The van der Waals surface area contributed by atoms with Crippen LogP contribution in [0.25, 0.3) is 0 Å². The molecule has 0 radical (unpaired) electrons. The van der Waals surface area contributed by atoms with E-state index in [0.717, 1.165) is 13.1 Å². The highest BCUT2D eigenvalue weighted by Crippen LogP contribution is 2.31. The predicted octanol–water partition coefficient (Wildman–Crippen LogP) is 2.35. The molecule has 0 atom stereocenters. The molecule has 0 bridgehead atoms. The Balaban J connectivity index is 2.23. The molecule has 0 aliphatic carbocycles. The van der Waals surface area contributed by atoms with Crippen molar-refractivity contribution in [3.63, 3.8) is 0 Å². The van der Waals surface area contributed by atoms with Crippen molar-refractivity contribution in [3.05, 3.63) is 26.6 Å². The number of carbonyl (C=O) groups excluding carboxylic acids is 1. The van der Waals surface area contributed by atoms with E-state index < -0.39 is 5.97 Å². The van der Waals surface area contributed by atoms with Crippen molar-refractivity contribution >= 4 is 49.5 Å². The summed E-state index contributed by atoms with van der Waals surface area (Å²) in [5.41, 5.74) is 0.305. The largest absolute Gasteiger partial charge is 0.478 e. The van der Waals surface area contributed by atoms with E-state index in [2.05, 4.69) is 42.5 Å². The normalized spacial score (nSPS) is 15.0. The lowest BCUT2D eigenvalue weighted by molar-refractivity contribution is 0.0698. The van der Waals surface area contributed by atoms with Crippen LogP contribution in [0.5, 0.6) is 0 Å². The molecule has 6 nitrogen and oxygen atoms in total. The van der Waals surface area contributed by atoms with Gasteiger partial charge in [0.25, 0.3) is 0 Å². The van der Waals surface area contributed by atoms with Crippen molar-refractivity contribution in [3.8, 4) is 0 Å². The maximum Gasteiger partial charge on any atom is 0.337 e. The van der Waals surface area contributed by atoms with Crippen LogP contribution in [0, 0.1) is 0 Å². The van der Waals surface area contributed by atoms with Gasteiger partial charge in [-0.2, -0.15) is 0 Å². The van der Waals surface area contributed by atoms with E-state index in [0.29, 0.717) is 22.0 Å². The molecular formula is C12H13Br2N3O3. The minimum Gasteiger partial charge on any atom is -0.478 e. The molecule has 0 aromatic heterocycles. The van der Waals surface area contributed by atoms with Crippen molar-refractivity contribution in [2.45, 2.75) is 0 Å². The van der Waals surface area contributed by atoms with Gasteiger partial charge in [-0.25, -0.2) is 9.59 Å². The van der Waals surface area contributed by atoms with E-state index in [1.807, 2.05) is 0 Å². The number of carboxylic acids is 1. The lowest BCUT2D eigenvalue weighted by atomic mass is 10.2. The molecule has 1 aromatic rings. The summed E-state index contributed by atoms with van der Waals surface area (Å²) in [6.07, 6.45) is 0. The number of rotatable bonds is 2. The number of carboxylic acid groups (broad SMARTS) is 1. The third kappa shape index (κ3) is 3.50. The maximum atomic E-state index is 12.1. The quantitative estimate of drug-likeness (QED) is 0.704. The fraction of sp³-hybridized carbons (Fsp3) is 0.333. The van der Waals surface area contributed by atoms with Crippen LogP contribution >= 0.6 is 31.9 Å². The Morgan fingerprint density at radius 3 is 2.50 bits per heavy atom. The van der Waals surface area contributed by atoms with Gasteiger partial charge in [-0.3, -0.25) is 0 Å². The highest BCUT2D eigenvalue weighted by molar-refractivity contribution is 9.11. The van der Waals surface area contributed by atoms with Gasteiger partial charge in [-0.15, -0.1) is 0 Å². The lowest BCUT2D eigenvalue weighted by Crippen LogP contribution is -2.48. The lowest BCUT2D eigenvalue weighted by Gasteiger charge is -2.28. The molecule has 1 aliphatic rings. The summed E-state index contributed by atoms with van der Waals surface area (Å²) >= 11 is 6.51. The van der Waals surface area contributed by atoms with Crippen LogP contribution < -0.4 is 10.6 Å². The van der Waals surface area contributed by atoms with Gasteiger partial charge in [0.2, 0.25) is 0 Å². The summed E-state index contributed by atoms with van der Waals surface area (Å²) in [5, 5.41) is 15.0. The molecule has 1 saturated heterocycles. The molecule has 1 aliphatic heterocycles. The zero-order valence-electron chi connectivity index (χ0n) is 10.4. The monoisotopic (exact) mass is 405 g/mol. The number of hydrogen-bond donors (Lipinski definition) is 3. The Morgan fingerprint density at radius 2 is 1.90 bits per heavy atom. The van der Waals surface area contributed by atoms with Gasteiger partial charge in [-0.1, -0.05) is 15.9 Å². The summed E-state index contributed by atoms with van der Waals surface area (Å²) < 4.78 is 1.15. The van der Waals surface area contributed by atoms with Gasteiger partial charge in [-0.05, 0) is 28.1 Å². The second-order valence-corrected chi connectivity index (χ2v) is 6.05. The third-order valence-corrected chi connectivity index (χ3v) is 4.00. The van der Waals surface area contributed by atoms with Crippen molar-refractivity contribution < 1.29 is 14.7 Å². The first-order valence-corrected chi connectivity index (χ1v) is 7.56. The second kappa shape index (κ2) is 6.55. The Bertz CT molecular complexity index is 545. The Labute approximate surface area is 132 Å². The second-order valence-electron chi connectivity index (χ2n) is 4.28. The van der Waals surface area contributed by atoms with Gasteiger partial charge in [0, 0.05) is 35.1 Å². The van der Waals surface area contributed by atoms with Crippen LogP contribution in [0.2, 0.25) is 0 Å². The molecular weight excluding hydrogens is 394 g/mol. The van der Waals surface area contributed by atoms with E-state index in [1.165, 1.54) is 6.07 Å². The fourth-order valence-corrected chi connectivity index (χ4v) is 3.25. The number of nitrogens with one attached hydrogen (secondary N) is 2. The van der Waals surface area contributed by atoms with Gasteiger partial charge in [0.05, 0.1) is 11.3 Å². The van der Waals surface area contributed by atoms with Gasteiger partial charge in [0.15, 0.2) is 0 Å². The molecule has 1 fully saturated rings. The Hall–Kier alpha value is -1.12. The SMILES string of the molecule is O=C(O)c1cc(Br)cc(Br)c1NC(=O)N1CCNCC1. The summed E-state index contributed by atoms with van der Waals surface area (Å²) in [6.45, 7) is 2.67. The van der Waals surface area contributed by atoms with Crippen LogP contribution in [0.4, 0.5) is 10.5 Å². The molecule has 0 spiro atoms. The fourth-order valence-electron chi connectivity index (χ4n) is 1.92. The molecule has 1 aromatic carbocycles. The zero-order chi connectivity index (χ0) is 14.7. The summed E-state index contributed by atoms with van der Waals surface area (Å²) in [5.74, 6) is -1.09. The Kier molecular flexibility index (Phi) is 5.00. The van der Waals surface area contributed by atoms with E-state index in [9.17, 15) is 14.7 Å². The number of benzene rings is 1. The maximum absolute atomic E-state index is 12.1. The van der Waals surface area contributed by atoms with Crippen LogP contribution in [-0.4, -0.2) is 48.2 Å². The third-order valence-electron chi connectivity index (χ3n) is 2.92. The van der Waals surface area contributed by atoms with Crippen LogP contribution in [0.1, 0.15) is 10.4 Å². The summed E-state index contributed by atoms with van der Waals surface area (Å²) in [4.78, 5) is 25.1. The average Bonchev–Trinajstić information content (AvgIpc) is 2.42. The number of piperazine rings is 1. The Morgan fingerprint density at radius 1 is 1.25 bits per heavy atom. The number of aromatic carboxylic acids is 1. The molecule has 3 N–H and O–H groups in total. The molecule has 8 heteroatoms. The van der Waals surface area contributed by atoms with Crippen LogP contribution in [0.3, 0.4) is 0 Å². The molecule has 1 heterocycles. The number of nitrogens with zero attached hydrogens (tertiary/aromatic N) is 1. The molecule has 108 valence electrons. The number of urea groups is 1. The highest BCUT2D eigenvalue weighted by Gasteiger charge is 2.21. The van der Waals surface area contributed by atoms with Crippen molar-refractivity contribution in [2.75, 3.05) is 31.5 Å². The first-order valence-electron chi connectivity index (χ1n) is 5.98. The minimum absolute atomic E-state index is 0.0368. The van der Waals surface area contributed by atoms with Crippen LogP contribution in [0.15, 0.2) is 21.1 Å². The molecule has 20 heavy (non-hydrogen) atoms. The van der Waals surface area contributed by atoms with E-state index >= 15 is 0 Å². The first-order chi connectivity index (χ1) is 9.49. The molecule has 0 saturated carbocycles. The van der Waals surface area contributed by atoms with Gasteiger partial charge >= 0.3 is 12.0 Å². The van der Waals surface area contributed by atoms with E-state index in [4.69, 9.17) is 0 Å². The molecule has 2 amide bonds. The number of anilines is 1. The molecule has 2 rings (SSSR count).